The number of anilines is 2. The van der Waals surface area contributed by atoms with Gasteiger partial charge < -0.3 is 15.4 Å². The molecule has 0 atom stereocenters. The number of pyridine rings is 1. The number of carbonyl (C=O) groups excluding carboxylic acids is 1. The fraction of sp³-hybridized carbons (Fsp3) is 0.160. The van der Waals surface area contributed by atoms with Gasteiger partial charge in [-0.25, -0.2) is 9.97 Å². The van der Waals surface area contributed by atoms with E-state index in [4.69, 9.17) is 4.74 Å². The normalized spacial score (nSPS) is 10.5. The minimum atomic E-state index is -0.0695. The van der Waals surface area contributed by atoms with Crippen LogP contribution in [0.4, 0.5) is 10.9 Å². The van der Waals surface area contributed by atoms with Crippen molar-refractivity contribution in [1.82, 2.24) is 15.3 Å². The van der Waals surface area contributed by atoms with Gasteiger partial charge in [-0.05, 0) is 42.3 Å². The highest BCUT2D eigenvalue weighted by Crippen LogP contribution is 2.20. The Balaban J connectivity index is 1.22. The highest BCUT2D eigenvalue weighted by atomic mass is 32.1. The Morgan fingerprint density at radius 2 is 1.75 bits per heavy atom. The second-order valence-electron chi connectivity index (χ2n) is 7.30. The van der Waals surface area contributed by atoms with Gasteiger partial charge in [-0.3, -0.25) is 4.79 Å². The molecule has 0 radical (unpaired) electrons. The van der Waals surface area contributed by atoms with E-state index in [0.29, 0.717) is 13.2 Å². The molecule has 0 aliphatic rings. The van der Waals surface area contributed by atoms with E-state index in [-0.39, 0.29) is 12.3 Å². The molecule has 2 heterocycles. The number of thiazole rings is 1. The summed E-state index contributed by atoms with van der Waals surface area (Å²) in [6.07, 6.45) is 0.234. The number of nitrogens with zero attached hydrogens (tertiary/aromatic N) is 2. The minimum absolute atomic E-state index is 0.0695. The average molecular weight is 445 g/mol. The summed E-state index contributed by atoms with van der Waals surface area (Å²) >= 11 is 1.46. The third-order valence-electron chi connectivity index (χ3n) is 4.68. The molecule has 0 aliphatic carbocycles. The van der Waals surface area contributed by atoms with Crippen molar-refractivity contribution < 1.29 is 9.53 Å². The second kappa shape index (κ2) is 10.5. The van der Waals surface area contributed by atoms with Crippen molar-refractivity contribution in [3.63, 3.8) is 0 Å². The molecule has 4 aromatic rings. The van der Waals surface area contributed by atoms with E-state index in [9.17, 15) is 4.79 Å². The molecule has 0 saturated heterocycles. The molecular formula is C25H24N4O2S. The van der Waals surface area contributed by atoms with Crippen LogP contribution in [0.2, 0.25) is 0 Å². The van der Waals surface area contributed by atoms with E-state index >= 15 is 0 Å². The number of carbonyl (C=O) groups is 1. The molecule has 4 rings (SSSR count). The Morgan fingerprint density at radius 1 is 0.938 bits per heavy atom. The molecule has 0 aliphatic heterocycles. The zero-order valence-electron chi connectivity index (χ0n) is 17.7. The molecular weight excluding hydrogens is 420 g/mol. The van der Waals surface area contributed by atoms with Gasteiger partial charge >= 0.3 is 0 Å². The van der Waals surface area contributed by atoms with Crippen molar-refractivity contribution in [2.24, 2.45) is 0 Å². The Morgan fingerprint density at radius 3 is 2.53 bits per heavy atom. The lowest BCUT2D eigenvalue weighted by Gasteiger charge is -2.08. The fourth-order valence-corrected chi connectivity index (χ4v) is 3.76. The predicted molar refractivity (Wildman–Crippen MR) is 127 cm³/mol. The summed E-state index contributed by atoms with van der Waals surface area (Å²) in [6.45, 7) is 2.93. The molecule has 0 saturated carbocycles. The van der Waals surface area contributed by atoms with Crippen molar-refractivity contribution in [2.45, 2.75) is 26.5 Å². The Hall–Kier alpha value is -3.71. The zero-order chi connectivity index (χ0) is 22.2. The first-order valence-electron chi connectivity index (χ1n) is 10.3. The topological polar surface area (TPSA) is 76.1 Å². The summed E-state index contributed by atoms with van der Waals surface area (Å²) < 4.78 is 5.80. The van der Waals surface area contributed by atoms with Crippen LogP contribution in [0.25, 0.3) is 0 Å². The van der Waals surface area contributed by atoms with E-state index in [1.807, 2.05) is 85.1 Å². The van der Waals surface area contributed by atoms with Gasteiger partial charge in [0.1, 0.15) is 18.2 Å². The highest BCUT2D eigenvalue weighted by molar-refractivity contribution is 7.13. The standard InChI is InChI=1S/C25H24N4O2S/c1-18-6-5-9-23(27-18)29-25-28-21(17-32-25)14-24(30)26-15-19-10-12-22(13-11-19)31-16-20-7-3-2-4-8-20/h2-13,17H,14-16H2,1H3,(H,26,30)(H,27,28,29). The van der Waals surface area contributed by atoms with Gasteiger partial charge in [0.25, 0.3) is 0 Å². The molecule has 162 valence electrons. The predicted octanol–water partition coefficient (Wildman–Crippen LogP) is 5.03. The van der Waals surface area contributed by atoms with Gasteiger partial charge in [-0.15, -0.1) is 11.3 Å². The van der Waals surface area contributed by atoms with Gasteiger partial charge in [0.2, 0.25) is 5.91 Å². The van der Waals surface area contributed by atoms with Gasteiger partial charge in [-0.2, -0.15) is 0 Å². The molecule has 6 nitrogen and oxygen atoms in total. The van der Waals surface area contributed by atoms with Crippen LogP contribution in [0.3, 0.4) is 0 Å². The first-order chi connectivity index (χ1) is 15.6. The molecule has 2 N–H and O–H groups in total. The molecule has 7 heteroatoms. The van der Waals surface area contributed by atoms with Crippen molar-refractivity contribution >= 4 is 28.2 Å². The van der Waals surface area contributed by atoms with E-state index in [1.54, 1.807) is 0 Å². The molecule has 1 amide bonds. The first kappa shape index (κ1) is 21.5. The van der Waals surface area contributed by atoms with Gasteiger partial charge in [0.15, 0.2) is 5.13 Å². The summed E-state index contributed by atoms with van der Waals surface area (Å²) in [7, 11) is 0. The lowest BCUT2D eigenvalue weighted by atomic mass is 10.2. The Bertz CT molecular complexity index is 1160. The van der Waals surface area contributed by atoms with Crippen LogP contribution in [0.5, 0.6) is 5.75 Å². The number of benzene rings is 2. The second-order valence-corrected chi connectivity index (χ2v) is 8.16. The minimum Gasteiger partial charge on any atom is -0.489 e. The van der Waals surface area contributed by atoms with Gasteiger partial charge in [0.05, 0.1) is 12.1 Å². The van der Waals surface area contributed by atoms with Crippen LogP contribution in [0.1, 0.15) is 22.5 Å². The number of hydrogen-bond acceptors (Lipinski definition) is 6. The van der Waals surface area contributed by atoms with Crippen LogP contribution >= 0.6 is 11.3 Å². The maximum absolute atomic E-state index is 12.3. The van der Waals surface area contributed by atoms with Crippen LogP contribution in [-0.2, 0) is 24.4 Å². The number of aromatic nitrogens is 2. The van der Waals surface area contributed by atoms with E-state index in [1.165, 1.54) is 11.3 Å². The fourth-order valence-electron chi connectivity index (χ4n) is 3.04. The summed E-state index contributed by atoms with van der Waals surface area (Å²) in [6, 6.07) is 23.6. The quantitative estimate of drug-likeness (QED) is 0.379. The molecule has 0 bridgehead atoms. The smallest absolute Gasteiger partial charge is 0.226 e. The molecule has 0 unspecified atom stereocenters. The maximum atomic E-state index is 12.3. The first-order valence-corrected chi connectivity index (χ1v) is 11.2. The number of rotatable bonds is 9. The van der Waals surface area contributed by atoms with Crippen molar-refractivity contribution in [3.05, 3.63) is 101 Å². The summed E-state index contributed by atoms with van der Waals surface area (Å²) in [5.41, 5.74) is 3.80. The van der Waals surface area contributed by atoms with Crippen molar-refractivity contribution in [3.8, 4) is 5.75 Å². The van der Waals surface area contributed by atoms with Crippen LogP contribution in [-0.4, -0.2) is 15.9 Å². The van der Waals surface area contributed by atoms with Crippen molar-refractivity contribution in [1.29, 1.82) is 0 Å². The van der Waals surface area contributed by atoms with Gasteiger partial charge in [0, 0.05) is 17.6 Å². The monoisotopic (exact) mass is 444 g/mol. The Kier molecular flexibility index (Phi) is 7.09. The molecule has 2 aromatic heterocycles. The third-order valence-corrected chi connectivity index (χ3v) is 5.48. The van der Waals surface area contributed by atoms with Gasteiger partial charge in [-0.1, -0.05) is 48.5 Å². The molecule has 0 spiro atoms. The number of aryl methyl sites for hydroxylation is 1. The van der Waals surface area contributed by atoms with E-state index in [2.05, 4.69) is 20.6 Å². The number of ether oxygens (including phenoxy) is 1. The zero-order valence-corrected chi connectivity index (χ0v) is 18.6. The van der Waals surface area contributed by atoms with Crippen LogP contribution in [0, 0.1) is 6.92 Å². The molecule has 2 aromatic carbocycles. The largest absolute Gasteiger partial charge is 0.489 e. The Labute approximate surface area is 191 Å². The number of nitrogens with one attached hydrogen (secondary N) is 2. The lowest BCUT2D eigenvalue weighted by Crippen LogP contribution is -2.24. The summed E-state index contributed by atoms with van der Waals surface area (Å²) in [5, 5.41) is 8.72. The van der Waals surface area contributed by atoms with Crippen molar-refractivity contribution in [2.75, 3.05) is 5.32 Å². The summed E-state index contributed by atoms with van der Waals surface area (Å²) in [4.78, 5) is 21.2. The van der Waals surface area contributed by atoms with Crippen LogP contribution < -0.4 is 15.4 Å². The lowest BCUT2D eigenvalue weighted by molar-refractivity contribution is -0.120. The maximum Gasteiger partial charge on any atom is 0.226 e. The highest BCUT2D eigenvalue weighted by Gasteiger charge is 2.09. The SMILES string of the molecule is Cc1cccc(Nc2nc(CC(=O)NCc3ccc(OCc4ccccc4)cc3)cs2)n1. The molecule has 32 heavy (non-hydrogen) atoms. The third kappa shape index (κ3) is 6.39. The average Bonchev–Trinajstić information content (AvgIpc) is 3.24. The van der Waals surface area contributed by atoms with Crippen LogP contribution in [0.15, 0.2) is 78.2 Å². The van der Waals surface area contributed by atoms with E-state index < -0.39 is 0 Å². The summed E-state index contributed by atoms with van der Waals surface area (Å²) in [5.74, 6) is 1.47. The molecule has 0 fully saturated rings. The van der Waals surface area contributed by atoms with E-state index in [0.717, 1.165) is 39.2 Å². The number of amides is 1. The number of hydrogen-bond donors (Lipinski definition) is 2.